The van der Waals surface area contributed by atoms with Crippen molar-refractivity contribution in [2.45, 2.75) is 18.9 Å². The third-order valence-electron chi connectivity index (χ3n) is 4.64. The highest BCUT2D eigenvalue weighted by atomic mass is 32.1. The first-order valence-electron chi connectivity index (χ1n) is 9.11. The number of nitrogens with zero attached hydrogens (tertiary/aromatic N) is 2. The topological polar surface area (TPSA) is 44.8 Å². The van der Waals surface area contributed by atoms with Gasteiger partial charge < -0.3 is 19.9 Å². The maximum Gasteiger partial charge on any atom is 0.228 e. The lowest BCUT2D eigenvalue weighted by Crippen LogP contribution is -2.32. The Bertz CT molecular complexity index is 705. The van der Waals surface area contributed by atoms with Gasteiger partial charge in [-0.3, -0.25) is 4.79 Å². The van der Waals surface area contributed by atoms with E-state index in [1.54, 1.807) is 11.3 Å². The molecule has 1 saturated heterocycles. The van der Waals surface area contributed by atoms with Crippen LogP contribution in [-0.4, -0.2) is 51.1 Å². The molecule has 0 saturated carbocycles. The van der Waals surface area contributed by atoms with Crippen molar-refractivity contribution in [3.8, 4) is 5.75 Å². The zero-order chi connectivity index (χ0) is 18.4. The van der Waals surface area contributed by atoms with Crippen molar-refractivity contribution in [2.24, 2.45) is 0 Å². The maximum atomic E-state index is 12.5. The zero-order valence-electron chi connectivity index (χ0n) is 15.5. The summed E-state index contributed by atoms with van der Waals surface area (Å²) in [5, 5.41) is 5.27. The molecule has 1 aliphatic heterocycles. The molecule has 1 aliphatic rings. The molecular weight excluding hydrogens is 346 g/mol. The fourth-order valence-electron chi connectivity index (χ4n) is 3.10. The summed E-state index contributed by atoms with van der Waals surface area (Å²) in [6.07, 6.45) is 1.47. The average Bonchev–Trinajstić information content (AvgIpc) is 3.13. The van der Waals surface area contributed by atoms with Crippen LogP contribution in [0, 0.1) is 0 Å². The van der Waals surface area contributed by atoms with Crippen LogP contribution in [-0.2, 0) is 4.79 Å². The summed E-state index contributed by atoms with van der Waals surface area (Å²) in [7, 11) is 4.01. The Labute approximate surface area is 159 Å². The van der Waals surface area contributed by atoms with Gasteiger partial charge in [-0.05, 0) is 44.2 Å². The Morgan fingerprint density at radius 2 is 2.12 bits per heavy atom. The van der Waals surface area contributed by atoms with E-state index in [9.17, 15) is 4.79 Å². The fourth-order valence-corrected chi connectivity index (χ4v) is 3.89. The minimum absolute atomic E-state index is 0.0173. The molecule has 2 heterocycles. The normalized spacial score (nSPS) is 17.2. The van der Waals surface area contributed by atoms with E-state index in [1.165, 1.54) is 4.88 Å². The highest BCUT2D eigenvalue weighted by Crippen LogP contribution is 2.30. The predicted molar refractivity (Wildman–Crippen MR) is 107 cm³/mol. The zero-order valence-corrected chi connectivity index (χ0v) is 16.3. The van der Waals surface area contributed by atoms with Crippen molar-refractivity contribution in [1.29, 1.82) is 0 Å². The molecule has 0 aliphatic carbocycles. The van der Waals surface area contributed by atoms with Gasteiger partial charge in [0.05, 0.1) is 0 Å². The van der Waals surface area contributed by atoms with Crippen LogP contribution in [0.15, 0.2) is 41.8 Å². The second kappa shape index (κ2) is 9.16. The maximum absolute atomic E-state index is 12.5. The molecule has 1 N–H and O–H groups in total. The summed E-state index contributed by atoms with van der Waals surface area (Å²) in [4.78, 5) is 17.8. The van der Waals surface area contributed by atoms with Crippen molar-refractivity contribution in [1.82, 2.24) is 10.2 Å². The highest BCUT2D eigenvalue weighted by molar-refractivity contribution is 7.10. The number of nitrogens with one attached hydrogen (secondary N) is 1. The van der Waals surface area contributed by atoms with E-state index >= 15 is 0 Å². The fraction of sp³-hybridized carbons (Fsp3) is 0.450. The number of likely N-dealkylation sites (N-methyl/N-ethyl adjacent to an activating group) is 1. The lowest BCUT2D eigenvalue weighted by molar-refractivity contribution is -0.118. The van der Waals surface area contributed by atoms with Crippen LogP contribution < -0.4 is 15.0 Å². The summed E-state index contributed by atoms with van der Waals surface area (Å²) in [6.45, 7) is 3.30. The molecule has 1 atom stereocenters. The highest BCUT2D eigenvalue weighted by Gasteiger charge is 2.21. The Morgan fingerprint density at radius 3 is 2.88 bits per heavy atom. The first kappa shape index (κ1) is 18.9. The lowest BCUT2D eigenvalue weighted by atomic mass is 10.2. The third kappa shape index (κ3) is 4.84. The average molecular weight is 374 g/mol. The quantitative estimate of drug-likeness (QED) is 0.810. The minimum atomic E-state index is 0.0173. The van der Waals surface area contributed by atoms with Gasteiger partial charge in [0.2, 0.25) is 5.91 Å². The standard InChI is InChI=1S/C20H27N3O2S/c1-21-10-8-18(19-7-4-14-26-19)25-17-6-3-5-16(15-17)23-13-12-22(2)11-9-20(23)24/h3-7,14-15,18,21H,8-13H2,1-2H3/t18-/m0/s1. The van der Waals surface area contributed by atoms with E-state index in [4.69, 9.17) is 4.74 Å². The van der Waals surface area contributed by atoms with Crippen molar-refractivity contribution >= 4 is 22.9 Å². The number of anilines is 1. The van der Waals surface area contributed by atoms with Crippen molar-refractivity contribution < 1.29 is 9.53 Å². The monoisotopic (exact) mass is 373 g/mol. The number of hydrogen-bond donors (Lipinski definition) is 1. The van der Waals surface area contributed by atoms with Crippen LogP contribution in [0.25, 0.3) is 0 Å². The number of rotatable bonds is 7. The number of carbonyl (C=O) groups excluding carboxylic acids is 1. The van der Waals surface area contributed by atoms with E-state index in [0.717, 1.165) is 37.5 Å². The van der Waals surface area contributed by atoms with E-state index in [0.29, 0.717) is 13.0 Å². The van der Waals surface area contributed by atoms with Crippen LogP contribution in [0.5, 0.6) is 5.75 Å². The second-order valence-corrected chi connectivity index (χ2v) is 7.59. The van der Waals surface area contributed by atoms with Crippen molar-refractivity contribution in [3.05, 3.63) is 46.7 Å². The van der Waals surface area contributed by atoms with Gasteiger partial charge in [0, 0.05) is 49.1 Å². The van der Waals surface area contributed by atoms with E-state index in [-0.39, 0.29) is 12.0 Å². The number of thiophene rings is 1. The van der Waals surface area contributed by atoms with Gasteiger partial charge in [-0.2, -0.15) is 0 Å². The van der Waals surface area contributed by atoms with Gasteiger partial charge in [-0.25, -0.2) is 0 Å². The van der Waals surface area contributed by atoms with Crippen LogP contribution >= 0.6 is 11.3 Å². The van der Waals surface area contributed by atoms with Crippen molar-refractivity contribution in [2.75, 3.05) is 45.2 Å². The van der Waals surface area contributed by atoms with E-state index in [2.05, 4.69) is 34.8 Å². The largest absolute Gasteiger partial charge is 0.485 e. The Balaban J connectivity index is 1.76. The number of carbonyl (C=O) groups is 1. The molecule has 1 amide bonds. The smallest absolute Gasteiger partial charge is 0.228 e. The molecule has 2 aromatic rings. The summed E-state index contributed by atoms with van der Waals surface area (Å²) < 4.78 is 6.30. The van der Waals surface area contributed by atoms with Crippen molar-refractivity contribution in [3.63, 3.8) is 0 Å². The third-order valence-corrected chi connectivity index (χ3v) is 5.60. The van der Waals surface area contributed by atoms with Gasteiger partial charge in [-0.1, -0.05) is 12.1 Å². The predicted octanol–water partition coefficient (Wildman–Crippen LogP) is 3.15. The number of benzene rings is 1. The summed E-state index contributed by atoms with van der Waals surface area (Å²) in [6, 6.07) is 12.1. The summed E-state index contributed by atoms with van der Waals surface area (Å²) in [5.74, 6) is 0.985. The molecule has 3 rings (SSSR count). The minimum Gasteiger partial charge on any atom is -0.485 e. The first-order valence-corrected chi connectivity index (χ1v) is 9.99. The Hall–Kier alpha value is -1.89. The molecule has 26 heavy (non-hydrogen) atoms. The SMILES string of the molecule is CNCC[C@H](Oc1cccc(N2CCN(C)CCC2=O)c1)c1cccs1. The molecule has 5 nitrogen and oxygen atoms in total. The number of hydrogen-bond acceptors (Lipinski definition) is 5. The lowest BCUT2D eigenvalue weighted by Gasteiger charge is -2.23. The summed E-state index contributed by atoms with van der Waals surface area (Å²) in [5.41, 5.74) is 0.918. The Morgan fingerprint density at radius 1 is 1.23 bits per heavy atom. The van der Waals surface area contributed by atoms with Crippen LogP contribution in [0.4, 0.5) is 5.69 Å². The second-order valence-electron chi connectivity index (χ2n) is 6.61. The van der Waals surface area contributed by atoms with Crippen LogP contribution in [0.3, 0.4) is 0 Å². The number of ether oxygens (including phenoxy) is 1. The molecule has 0 unspecified atom stereocenters. The Kier molecular flexibility index (Phi) is 6.66. The molecule has 6 heteroatoms. The molecule has 1 aromatic heterocycles. The first-order chi connectivity index (χ1) is 12.7. The molecule has 0 radical (unpaired) electrons. The van der Waals surface area contributed by atoms with E-state index in [1.807, 2.05) is 36.2 Å². The van der Waals surface area contributed by atoms with Crippen LogP contribution in [0.1, 0.15) is 23.8 Å². The number of amides is 1. The molecule has 1 aromatic carbocycles. The van der Waals surface area contributed by atoms with Crippen LogP contribution in [0.2, 0.25) is 0 Å². The van der Waals surface area contributed by atoms with Gasteiger partial charge >= 0.3 is 0 Å². The van der Waals surface area contributed by atoms with Gasteiger partial charge in [0.1, 0.15) is 11.9 Å². The van der Waals surface area contributed by atoms with Gasteiger partial charge in [-0.15, -0.1) is 11.3 Å². The molecule has 0 bridgehead atoms. The van der Waals surface area contributed by atoms with E-state index < -0.39 is 0 Å². The molecule has 1 fully saturated rings. The summed E-state index contributed by atoms with van der Waals surface area (Å²) >= 11 is 1.71. The van der Waals surface area contributed by atoms with Gasteiger partial charge in [0.15, 0.2) is 0 Å². The molecular formula is C20H27N3O2S. The molecule has 140 valence electrons. The van der Waals surface area contributed by atoms with Gasteiger partial charge in [0.25, 0.3) is 0 Å². The molecule has 0 spiro atoms.